The van der Waals surface area contributed by atoms with Gasteiger partial charge in [-0.1, -0.05) is 69.4 Å². The Hall–Kier alpha value is -3.58. The number of hydrogen-bond acceptors (Lipinski definition) is 4. The first-order chi connectivity index (χ1) is 16.7. The van der Waals surface area contributed by atoms with Crippen molar-refractivity contribution in [3.05, 3.63) is 95.1 Å². The molecule has 176 valence electrons. The number of rotatable bonds is 13. The van der Waals surface area contributed by atoms with Gasteiger partial charge in [-0.05, 0) is 72.9 Å². The van der Waals surface area contributed by atoms with E-state index in [1.165, 1.54) is 32.1 Å². The molecule has 0 aliphatic heterocycles. The lowest BCUT2D eigenvalue weighted by molar-refractivity contribution is 0.0733. The Bertz CT molecular complexity index is 1070. The quantitative estimate of drug-likeness (QED) is 0.154. The predicted molar refractivity (Wildman–Crippen MR) is 135 cm³/mol. The molecule has 34 heavy (non-hydrogen) atoms. The highest BCUT2D eigenvalue weighted by Crippen LogP contribution is 2.22. The Balaban J connectivity index is 1.49. The van der Waals surface area contributed by atoms with Crippen LogP contribution in [0.15, 0.2) is 72.8 Å². The molecule has 0 spiro atoms. The van der Waals surface area contributed by atoms with E-state index in [2.05, 4.69) is 13.0 Å². The summed E-state index contributed by atoms with van der Waals surface area (Å²) >= 11 is 0. The van der Waals surface area contributed by atoms with Crippen molar-refractivity contribution in [2.75, 3.05) is 6.61 Å². The lowest BCUT2D eigenvalue weighted by atomic mass is 10.0. The molecule has 0 saturated carbocycles. The van der Waals surface area contributed by atoms with E-state index in [0.717, 1.165) is 36.1 Å². The first-order valence-electron chi connectivity index (χ1n) is 12.2. The third kappa shape index (κ3) is 8.08. The molecule has 0 aliphatic carbocycles. The van der Waals surface area contributed by atoms with Gasteiger partial charge in [-0.2, -0.15) is 5.26 Å². The maximum atomic E-state index is 12.7. The molecular formula is C30H33NO3. The van der Waals surface area contributed by atoms with Gasteiger partial charge in [0, 0.05) is 0 Å². The van der Waals surface area contributed by atoms with Gasteiger partial charge in [-0.25, -0.2) is 4.79 Å². The minimum atomic E-state index is -0.381. The van der Waals surface area contributed by atoms with Gasteiger partial charge in [0.25, 0.3) is 0 Å². The first kappa shape index (κ1) is 25.1. The lowest BCUT2D eigenvalue weighted by Crippen LogP contribution is -2.10. The van der Waals surface area contributed by atoms with Crippen molar-refractivity contribution >= 4 is 5.97 Å². The Morgan fingerprint density at radius 3 is 2.26 bits per heavy atom. The molecule has 0 aromatic heterocycles. The van der Waals surface area contributed by atoms with Crippen LogP contribution in [-0.2, 0) is 12.8 Å². The molecule has 0 unspecified atom stereocenters. The summed E-state index contributed by atoms with van der Waals surface area (Å²) in [6.07, 6.45) is 8.89. The van der Waals surface area contributed by atoms with Crippen LogP contribution in [0.2, 0.25) is 0 Å². The van der Waals surface area contributed by atoms with Crippen molar-refractivity contribution < 1.29 is 14.3 Å². The second-order valence-corrected chi connectivity index (χ2v) is 8.45. The van der Waals surface area contributed by atoms with Crippen LogP contribution in [0, 0.1) is 11.3 Å². The molecule has 3 rings (SSSR count). The van der Waals surface area contributed by atoms with Crippen LogP contribution >= 0.6 is 0 Å². The van der Waals surface area contributed by atoms with E-state index in [1.54, 1.807) is 12.1 Å². The molecule has 0 fully saturated rings. The highest BCUT2D eigenvalue weighted by atomic mass is 16.5. The molecule has 0 saturated heterocycles. The van der Waals surface area contributed by atoms with Gasteiger partial charge >= 0.3 is 5.97 Å². The summed E-state index contributed by atoms with van der Waals surface area (Å²) in [5.74, 6) is 0.964. The smallest absolute Gasteiger partial charge is 0.343 e. The van der Waals surface area contributed by atoms with Crippen molar-refractivity contribution in [1.29, 1.82) is 5.26 Å². The molecular weight excluding hydrogens is 422 g/mol. The Kier molecular flexibility index (Phi) is 10.2. The standard InChI is InChI=1S/C30H33NO3/c1-2-3-4-5-6-9-22-33-28-20-18-27(19-21-28)30(32)34-29-11-8-7-10-26(29)17-16-24-12-14-25(23-31)15-13-24/h7-8,10-15,18-21H,2-6,9,16-17,22H2,1H3. The Labute approximate surface area is 203 Å². The lowest BCUT2D eigenvalue weighted by Gasteiger charge is -2.11. The molecule has 0 atom stereocenters. The zero-order valence-corrected chi connectivity index (χ0v) is 20.0. The number of nitrogens with zero attached hydrogens (tertiary/aromatic N) is 1. The van der Waals surface area contributed by atoms with Gasteiger partial charge in [0.1, 0.15) is 11.5 Å². The van der Waals surface area contributed by atoms with E-state index >= 15 is 0 Å². The molecule has 0 radical (unpaired) electrons. The first-order valence-corrected chi connectivity index (χ1v) is 12.2. The SMILES string of the molecule is CCCCCCCCOc1ccc(C(=O)Oc2ccccc2CCc2ccc(C#N)cc2)cc1. The third-order valence-corrected chi connectivity index (χ3v) is 5.80. The molecule has 0 N–H and O–H groups in total. The van der Waals surface area contributed by atoms with Gasteiger partial charge in [-0.3, -0.25) is 0 Å². The van der Waals surface area contributed by atoms with Crippen LogP contribution in [0.4, 0.5) is 0 Å². The molecule has 0 amide bonds. The van der Waals surface area contributed by atoms with Gasteiger partial charge in [0.2, 0.25) is 0 Å². The Morgan fingerprint density at radius 2 is 1.53 bits per heavy atom. The fraction of sp³-hybridized carbons (Fsp3) is 0.333. The zero-order valence-electron chi connectivity index (χ0n) is 20.0. The van der Waals surface area contributed by atoms with Crippen LogP contribution in [0.25, 0.3) is 0 Å². The minimum absolute atomic E-state index is 0.381. The van der Waals surface area contributed by atoms with Gasteiger partial charge in [0.15, 0.2) is 0 Å². The van der Waals surface area contributed by atoms with Gasteiger partial charge in [-0.15, -0.1) is 0 Å². The van der Waals surface area contributed by atoms with E-state index in [0.29, 0.717) is 23.5 Å². The van der Waals surface area contributed by atoms with Gasteiger partial charge < -0.3 is 9.47 Å². The summed E-state index contributed by atoms with van der Waals surface area (Å²) in [6, 6.07) is 24.5. The summed E-state index contributed by atoms with van der Waals surface area (Å²) in [5, 5.41) is 8.94. The van der Waals surface area contributed by atoms with Crippen LogP contribution < -0.4 is 9.47 Å². The molecule has 3 aromatic rings. The predicted octanol–water partition coefficient (Wildman–Crippen LogP) is 7.30. The average molecular weight is 456 g/mol. The summed E-state index contributed by atoms with van der Waals surface area (Å²) < 4.78 is 11.5. The summed E-state index contributed by atoms with van der Waals surface area (Å²) in [5.41, 5.74) is 3.25. The van der Waals surface area contributed by atoms with E-state index in [4.69, 9.17) is 14.7 Å². The number of esters is 1. The molecule has 0 heterocycles. The largest absolute Gasteiger partial charge is 0.494 e. The van der Waals surface area contributed by atoms with E-state index in [9.17, 15) is 4.79 Å². The van der Waals surface area contributed by atoms with Crippen LogP contribution in [0.5, 0.6) is 11.5 Å². The number of ether oxygens (including phenoxy) is 2. The maximum absolute atomic E-state index is 12.7. The third-order valence-electron chi connectivity index (χ3n) is 5.80. The minimum Gasteiger partial charge on any atom is -0.494 e. The number of para-hydroxylation sites is 1. The molecule has 0 aliphatic rings. The fourth-order valence-corrected chi connectivity index (χ4v) is 3.75. The van der Waals surface area contributed by atoms with E-state index in [-0.39, 0.29) is 5.97 Å². The molecule has 3 aromatic carbocycles. The normalized spacial score (nSPS) is 10.5. The molecule has 4 heteroatoms. The number of unbranched alkanes of at least 4 members (excludes halogenated alkanes) is 5. The number of carbonyl (C=O) groups is 1. The number of benzene rings is 3. The highest BCUT2D eigenvalue weighted by molar-refractivity contribution is 5.91. The number of carbonyl (C=O) groups excluding carboxylic acids is 1. The van der Waals surface area contributed by atoms with Crippen molar-refractivity contribution in [1.82, 2.24) is 0 Å². The van der Waals surface area contributed by atoms with Crippen molar-refractivity contribution in [2.24, 2.45) is 0 Å². The second kappa shape index (κ2) is 13.9. The van der Waals surface area contributed by atoms with Crippen LogP contribution in [0.3, 0.4) is 0 Å². The zero-order chi connectivity index (χ0) is 24.0. The Morgan fingerprint density at radius 1 is 0.824 bits per heavy atom. The van der Waals surface area contributed by atoms with E-state index < -0.39 is 0 Å². The number of aryl methyl sites for hydroxylation is 2. The fourth-order valence-electron chi connectivity index (χ4n) is 3.75. The van der Waals surface area contributed by atoms with E-state index in [1.807, 2.05) is 60.7 Å². The summed E-state index contributed by atoms with van der Waals surface area (Å²) in [4.78, 5) is 12.7. The summed E-state index contributed by atoms with van der Waals surface area (Å²) in [7, 11) is 0. The number of nitriles is 1. The van der Waals surface area contributed by atoms with Crippen molar-refractivity contribution in [3.63, 3.8) is 0 Å². The monoisotopic (exact) mass is 455 g/mol. The number of hydrogen-bond donors (Lipinski definition) is 0. The summed E-state index contributed by atoms with van der Waals surface area (Å²) in [6.45, 7) is 2.92. The second-order valence-electron chi connectivity index (χ2n) is 8.45. The van der Waals surface area contributed by atoms with Gasteiger partial charge in [0.05, 0.1) is 23.8 Å². The van der Waals surface area contributed by atoms with Crippen LogP contribution in [-0.4, -0.2) is 12.6 Å². The highest BCUT2D eigenvalue weighted by Gasteiger charge is 2.12. The molecule has 4 nitrogen and oxygen atoms in total. The topological polar surface area (TPSA) is 59.3 Å². The van der Waals surface area contributed by atoms with Crippen LogP contribution in [0.1, 0.15) is 72.5 Å². The van der Waals surface area contributed by atoms with Crippen molar-refractivity contribution in [2.45, 2.75) is 58.3 Å². The average Bonchev–Trinajstić information content (AvgIpc) is 2.88. The maximum Gasteiger partial charge on any atom is 0.343 e. The van der Waals surface area contributed by atoms with Crippen molar-refractivity contribution in [3.8, 4) is 17.6 Å². The molecule has 0 bridgehead atoms.